The van der Waals surface area contributed by atoms with Crippen molar-refractivity contribution in [2.75, 3.05) is 52.8 Å². The number of hydrogen-bond donors (Lipinski definition) is 2. The van der Waals surface area contributed by atoms with Gasteiger partial charge in [0.25, 0.3) is 10.1 Å². The summed E-state index contributed by atoms with van der Waals surface area (Å²) in [7, 11) is -3.82. The first-order chi connectivity index (χ1) is 19.2. The minimum Gasteiger partial charge on any atom is -0.491 e. The van der Waals surface area contributed by atoms with Crippen molar-refractivity contribution in [3.05, 3.63) is 70.1 Å². The Morgan fingerprint density at radius 2 is 1.68 bits per heavy atom. The second kappa shape index (κ2) is 17.8. The molecule has 1 unspecified atom stereocenters. The molecule has 0 spiro atoms. The van der Waals surface area contributed by atoms with Gasteiger partial charge in [0, 0.05) is 4.91 Å². The SMILES string of the molecule is Cc1ccc(S(=O)(=O)OCCOCCOCCOc2cccc(COCC(NC(=O)CN=[N+]=[N-])C(=O)O)c2)cc1. The zero-order valence-corrected chi connectivity index (χ0v) is 22.7. The van der Waals surface area contributed by atoms with Crippen LogP contribution in [0.15, 0.2) is 58.5 Å². The van der Waals surface area contributed by atoms with Crippen LogP contribution in [-0.4, -0.2) is 84.2 Å². The van der Waals surface area contributed by atoms with Crippen molar-refractivity contribution in [2.24, 2.45) is 5.11 Å². The number of aryl methyl sites for hydroxylation is 1. The lowest BCUT2D eigenvalue weighted by Crippen LogP contribution is -2.44. The molecule has 2 aromatic rings. The molecule has 0 fully saturated rings. The van der Waals surface area contributed by atoms with Crippen LogP contribution >= 0.6 is 0 Å². The molecule has 0 heterocycles. The molecule has 1 atom stereocenters. The highest BCUT2D eigenvalue weighted by Gasteiger charge is 2.20. The van der Waals surface area contributed by atoms with E-state index in [1.165, 1.54) is 12.1 Å². The van der Waals surface area contributed by atoms with Gasteiger partial charge in [0.2, 0.25) is 5.91 Å². The van der Waals surface area contributed by atoms with Crippen LogP contribution in [0.1, 0.15) is 11.1 Å². The quantitative estimate of drug-likeness (QED) is 0.0770. The summed E-state index contributed by atoms with van der Waals surface area (Å²) in [5.74, 6) is -1.45. The van der Waals surface area contributed by atoms with E-state index in [-0.39, 0.29) is 57.8 Å². The fourth-order valence-corrected chi connectivity index (χ4v) is 3.94. The van der Waals surface area contributed by atoms with E-state index in [0.29, 0.717) is 5.75 Å². The Morgan fingerprint density at radius 1 is 1.00 bits per heavy atom. The molecule has 0 saturated heterocycles. The lowest BCUT2D eigenvalue weighted by Gasteiger charge is -2.14. The van der Waals surface area contributed by atoms with Gasteiger partial charge in [-0.3, -0.25) is 8.98 Å². The van der Waals surface area contributed by atoms with E-state index in [4.69, 9.17) is 28.7 Å². The molecule has 0 aliphatic rings. The van der Waals surface area contributed by atoms with Crippen LogP contribution in [0.2, 0.25) is 0 Å². The summed E-state index contributed by atoms with van der Waals surface area (Å²) in [5.41, 5.74) is 9.90. The van der Waals surface area contributed by atoms with Crippen molar-refractivity contribution < 1.29 is 46.2 Å². The topological polar surface area (TPSA) is 195 Å². The van der Waals surface area contributed by atoms with Crippen LogP contribution in [-0.2, 0) is 44.7 Å². The monoisotopic (exact) mass is 580 g/mol. The number of aliphatic carboxylic acids is 1. The van der Waals surface area contributed by atoms with E-state index >= 15 is 0 Å². The highest BCUT2D eigenvalue weighted by Crippen LogP contribution is 2.15. The summed E-state index contributed by atoms with van der Waals surface area (Å²) >= 11 is 0. The standard InChI is InChI=1S/C25H32N4O10S/c1-19-5-7-22(8-6-19)40(33,34)39-14-12-36-10-9-35-11-13-38-21-4-2-3-20(15-21)17-37-18-23(25(31)32)28-24(30)16-27-29-26/h2-8,15,23H,9-14,16-18H2,1H3,(H,28,30)(H,31,32). The second-order valence-corrected chi connectivity index (χ2v) is 9.79. The fourth-order valence-electron chi connectivity index (χ4n) is 3.05. The first-order valence-corrected chi connectivity index (χ1v) is 13.6. The predicted octanol–water partition coefficient (Wildman–Crippen LogP) is 2.21. The summed E-state index contributed by atoms with van der Waals surface area (Å²) in [6.07, 6.45) is 0. The average molecular weight is 581 g/mol. The van der Waals surface area contributed by atoms with Gasteiger partial charge in [-0.15, -0.1) is 0 Å². The van der Waals surface area contributed by atoms with Gasteiger partial charge in [-0.05, 0) is 42.3 Å². The lowest BCUT2D eigenvalue weighted by molar-refractivity contribution is -0.143. The van der Waals surface area contributed by atoms with Gasteiger partial charge in [0.15, 0.2) is 6.04 Å². The molecule has 0 aliphatic carbocycles. The number of carboxylic acids is 1. The minimum absolute atomic E-state index is 0.0804. The van der Waals surface area contributed by atoms with Crippen molar-refractivity contribution in [1.29, 1.82) is 0 Å². The van der Waals surface area contributed by atoms with Crippen LogP contribution in [0.4, 0.5) is 0 Å². The molecule has 2 rings (SSSR count). The third kappa shape index (κ3) is 12.9. The molecule has 0 radical (unpaired) electrons. The van der Waals surface area contributed by atoms with Crippen LogP contribution in [0, 0.1) is 6.92 Å². The van der Waals surface area contributed by atoms with E-state index in [1.807, 2.05) is 6.92 Å². The molecule has 0 saturated carbocycles. The van der Waals surface area contributed by atoms with E-state index in [1.54, 1.807) is 36.4 Å². The Bertz CT molecular complexity index is 1230. The van der Waals surface area contributed by atoms with Crippen molar-refractivity contribution >= 4 is 22.0 Å². The first kappa shape index (κ1) is 32.5. The van der Waals surface area contributed by atoms with Crippen molar-refractivity contribution in [3.8, 4) is 5.75 Å². The van der Waals surface area contributed by atoms with Crippen LogP contribution in [0.3, 0.4) is 0 Å². The van der Waals surface area contributed by atoms with Gasteiger partial charge in [-0.25, -0.2) is 4.79 Å². The fraction of sp³-hybridized carbons (Fsp3) is 0.440. The van der Waals surface area contributed by atoms with Gasteiger partial charge >= 0.3 is 5.97 Å². The highest BCUT2D eigenvalue weighted by atomic mass is 32.2. The maximum atomic E-state index is 12.1. The molecular weight excluding hydrogens is 548 g/mol. The molecule has 2 aromatic carbocycles. The van der Waals surface area contributed by atoms with Gasteiger partial charge in [0.1, 0.15) is 18.9 Å². The van der Waals surface area contributed by atoms with E-state index in [9.17, 15) is 23.1 Å². The Morgan fingerprint density at radius 3 is 2.35 bits per heavy atom. The zero-order chi connectivity index (χ0) is 29.2. The third-order valence-corrected chi connectivity index (χ3v) is 6.33. The minimum atomic E-state index is -3.82. The number of carbonyl (C=O) groups excluding carboxylic acids is 1. The van der Waals surface area contributed by atoms with Crippen LogP contribution < -0.4 is 10.1 Å². The number of hydrogen-bond acceptors (Lipinski definition) is 10. The first-order valence-electron chi connectivity index (χ1n) is 12.2. The predicted molar refractivity (Wildman–Crippen MR) is 141 cm³/mol. The number of azide groups is 1. The largest absolute Gasteiger partial charge is 0.491 e. The molecule has 15 heteroatoms. The molecule has 0 bridgehead atoms. The number of rotatable bonds is 20. The number of carbonyl (C=O) groups is 2. The lowest BCUT2D eigenvalue weighted by atomic mass is 10.2. The van der Waals surface area contributed by atoms with Gasteiger partial charge in [-0.1, -0.05) is 34.9 Å². The third-order valence-electron chi connectivity index (χ3n) is 5.01. The highest BCUT2D eigenvalue weighted by molar-refractivity contribution is 7.86. The Kier molecular flexibility index (Phi) is 14.4. The normalized spacial score (nSPS) is 11.8. The smallest absolute Gasteiger partial charge is 0.328 e. The summed E-state index contributed by atoms with van der Waals surface area (Å²) in [4.78, 5) is 25.4. The van der Waals surface area contributed by atoms with Crippen molar-refractivity contribution in [3.63, 3.8) is 0 Å². The van der Waals surface area contributed by atoms with Crippen molar-refractivity contribution in [2.45, 2.75) is 24.5 Å². The van der Waals surface area contributed by atoms with Crippen molar-refractivity contribution in [1.82, 2.24) is 5.32 Å². The number of ether oxygens (including phenoxy) is 4. The summed E-state index contributed by atoms with van der Waals surface area (Å²) < 4.78 is 50.9. The summed E-state index contributed by atoms with van der Waals surface area (Å²) in [5, 5.41) is 14.5. The summed E-state index contributed by atoms with van der Waals surface area (Å²) in [6.45, 7) is 2.23. The Labute approximate surface area is 231 Å². The molecule has 218 valence electrons. The number of carboxylic acid groups (broad SMARTS) is 1. The second-order valence-electron chi connectivity index (χ2n) is 8.17. The molecule has 0 aliphatic heterocycles. The van der Waals surface area contributed by atoms with E-state index < -0.39 is 34.6 Å². The molecule has 0 aromatic heterocycles. The molecule has 40 heavy (non-hydrogen) atoms. The molecular formula is C25H32N4O10S. The summed E-state index contributed by atoms with van der Waals surface area (Å²) in [6, 6.07) is 12.1. The number of nitrogens with one attached hydrogen (secondary N) is 1. The van der Waals surface area contributed by atoms with Gasteiger partial charge < -0.3 is 29.4 Å². The number of amides is 1. The number of benzene rings is 2. The molecule has 1 amide bonds. The maximum absolute atomic E-state index is 12.1. The molecule has 2 N–H and O–H groups in total. The van der Waals surface area contributed by atoms with Gasteiger partial charge in [-0.2, -0.15) is 8.42 Å². The van der Waals surface area contributed by atoms with Crippen LogP contribution in [0.5, 0.6) is 5.75 Å². The van der Waals surface area contributed by atoms with Gasteiger partial charge in [0.05, 0.1) is 51.1 Å². The van der Waals surface area contributed by atoms with Crippen LogP contribution in [0.25, 0.3) is 10.4 Å². The Balaban J connectivity index is 1.56. The number of nitrogens with zero attached hydrogens (tertiary/aromatic N) is 3. The van der Waals surface area contributed by atoms with E-state index in [2.05, 4.69) is 15.3 Å². The maximum Gasteiger partial charge on any atom is 0.328 e. The Hall–Kier alpha value is -3.72. The van der Waals surface area contributed by atoms with E-state index in [0.717, 1.165) is 11.1 Å². The average Bonchev–Trinajstić information content (AvgIpc) is 2.92. The zero-order valence-electron chi connectivity index (χ0n) is 21.9. The molecule has 14 nitrogen and oxygen atoms in total.